The molecule has 0 aromatic rings. The molecular formula is C9H20N2OS. The summed E-state index contributed by atoms with van der Waals surface area (Å²) in [6.45, 7) is 7.15. The van der Waals surface area contributed by atoms with Gasteiger partial charge in [-0.25, -0.2) is 0 Å². The van der Waals surface area contributed by atoms with Gasteiger partial charge in [0.15, 0.2) is 0 Å². The summed E-state index contributed by atoms with van der Waals surface area (Å²) in [6, 6.07) is 0.256. The van der Waals surface area contributed by atoms with Gasteiger partial charge in [0.2, 0.25) is 0 Å². The molecule has 1 unspecified atom stereocenters. The molecule has 78 valence electrons. The Morgan fingerprint density at radius 1 is 1.38 bits per heavy atom. The Morgan fingerprint density at radius 3 is 2.38 bits per heavy atom. The normalized spacial score (nSPS) is 23.7. The van der Waals surface area contributed by atoms with Crippen molar-refractivity contribution in [1.29, 1.82) is 0 Å². The van der Waals surface area contributed by atoms with Crippen LogP contribution in [0.5, 0.6) is 0 Å². The van der Waals surface area contributed by atoms with E-state index in [0.717, 1.165) is 31.1 Å². The summed E-state index contributed by atoms with van der Waals surface area (Å²) < 4.78 is 11.1. The van der Waals surface area contributed by atoms with Gasteiger partial charge >= 0.3 is 0 Å². The van der Waals surface area contributed by atoms with E-state index in [1.165, 1.54) is 0 Å². The van der Waals surface area contributed by atoms with Crippen LogP contribution in [0, 0.1) is 5.92 Å². The third kappa shape index (κ3) is 3.75. The molecule has 1 atom stereocenters. The first-order valence-corrected chi connectivity index (χ1v) is 6.41. The molecule has 0 spiro atoms. The molecule has 2 N–H and O–H groups in total. The Morgan fingerprint density at radius 2 is 1.92 bits per heavy atom. The summed E-state index contributed by atoms with van der Waals surface area (Å²) in [7, 11) is -0.569. The van der Waals surface area contributed by atoms with Crippen LogP contribution in [0.2, 0.25) is 0 Å². The van der Waals surface area contributed by atoms with Gasteiger partial charge in [0.25, 0.3) is 0 Å². The van der Waals surface area contributed by atoms with Gasteiger partial charge in [0, 0.05) is 48.0 Å². The van der Waals surface area contributed by atoms with Crippen molar-refractivity contribution in [3.05, 3.63) is 0 Å². The van der Waals surface area contributed by atoms with E-state index in [4.69, 9.17) is 5.73 Å². The van der Waals surface area contributed by atoms with Crippen LogP contribution in [-0.2, 0) is 10.8 Å². The van der Waals surface area contributed by atoms with Crippen molar-refractivity contribution < 1.29 is 4.21 Å². The highest BCUT2D eigenvalue weighted by Crippen LogP contribution is 2.04. The molecule has 13 heavy (non-hydrogen) atoms. The number of rotatable bonds is 3. The molecule has 1 heterocycles. The molecule has 3 nitrogen and oxygen atoms in total. The van der Waals surface area contributed by atoms with Crippen molar-refractivity contribution in [2.45, 2.75) is 19.9 Å². The van der Waals surface area contributed by atoms with Crippen molar-refractivity contribution in [3.63, 3.8) is 0 Å². The Balaban J connectivity index is 2.26. The van der Waals surface area contributed by atoms with Gasteiger partial charge in [-0.2, -0.15) is 0 Å². The van der Waals surface area contributed by atoms with E-state index in [1.54, 1.807) is 0 Å². The average Bonchev–Trinajstić information content (AvgIpc) is 2.08. The second-order valence-electron chi connectivity index (χ2n) is 4.06. The van der Waals surface area contributed by atoms with E-state index < -0.39 is 10.8 Å². The minimum absolute atomic E-state index is 0.256. The standard InChI is InChI=1S/C9H20N2OS/c1-8(2)9(10)7-11-3-5-13(12)6-4-11/h8-9H,3-7,10H2,1-2H3. The molecule has 0 bridgehead atoms. The van der Waals surface area contributed by atoms with Crippen LogP contribution in [0.4, 0.5) is 0 Å². The number of hydrogen-bond acceptors (Lipinski definition) is 3. The Bertz CT molecular complexity index is 174. The molecule has 1 rings (SSSR count). The molecule has 1 aliphatic rings. The third-order valence-corrected chi connectivity index (χ3v) is 3.87. The molecule has 4 heteroatoms. The Hall–Kier alpha value is 0.0700. The zero-order valence-corrected chi connectivity index (χ0v) is 9.35. The molecular weight excluding hydrogens is 184 g/mol. The number of nitrogens with two attached hydrogens (primary N) is 1. The minimum Gasteiger partial charge on any atom is -0.326 e. The second kappa shape index (κ2) is 5.08. The molecule has 0 saturated carbocycles. The molecule has 0 radical (unpaired) electrons. The van der Waals surface area contributed by atoms with Crippen LogP contribution in [0.3, 0.4) is 0 Å². The van der Waals surface area contributed by atoms with Crippen LogP contribution in [0.25, 0.3) is 0 Å². The fourth-order valence-electron chi connectivity index (χ4n) is 1.37. The first kappa shape index (κ1) is 11.1. The zero-order chi connectivity index (χ0) is 9.84. The lowest BCUT2D eigenvalue weighted by molar-refractivity contribution is 0.257. The van der Waals surface area contributed by atoms with E-state index in [1.807, 2.05) is 0 Å². The summed E-state index contributed by atoms with van der Waals surface area (Å²) >= 11 is 0. The zero-order valence-electron chi connectivity index (χ0n) is 8.53. The fourth-order valence-corrected chi connectivity index (χ4v) is 2.50. The highest BCUT2D eigenvalue weighted by atomic mass is 32.2. The number of nitrogens with zero attached hydrogens (tertiary/aromatic N) is 1. The highest BCUT2D eigenvalue weighted by Gasteiger charge is 2.18. The van der Waals surface area contributed by atoms with E-state index in [0.29, 0.717) is 5.92 Å². The van der Waals surface area contributed by atoms with Gasteiger partial charge in [-0.15, -0.1) is 0 Å². The summed E-state index contributed by atoms with van der Waals surface area (Å²) in [4.78, 5) is 2.33. The third-order valence-electron chi connectivity index (χ3n) is 2.60. The van der Waals surface area contributed by atoms with E-state index >= 15 is 0 Å². The van der Waals surface area contributed by atoms with Crippen molar-refractivity contribution in [1.82, 2.24) is 4.90 Å². The van der Waals surface area contributed by atoms with E-state index in [-0.39, 0.29) is 6.04 Å². The largest absolute Gasteiger partial charge is 0.326 e. The lowest BCUT2D eigenvalue weighted by Gasteiger charge is -2.29. The molecule has 0 aliphatic carbocycles. The van der Waals surface area contributed by atoms with Gasteiger partial charge in [0.1, 0.15) is 0 Å². The highest BCUT2D eigenvalue weighted by molar-refractivity contribution is 7.85. The average molecular weight is 204 g/mol. The first-order valence-electron chi connectivity index (χ1n) is 4.92. The lowest BCUT2D eigenvalue weighted by Crippen LogP contribution is -2.46. The predicted octanol–water partition coefficient (Wildman–Crippen LogP) is 0.0340. The summed E-state index contributed by atoms with van der Waals surface area (Å²) in [5.41, 5.74) is 5.96. The van der Waals surface area contributed by atoms with Gasteiger partial charge in [-0.3, -0.25) is 9.11 Å². The summed E-state index contributed by atoms with van der Waals surface area (Å²) in [6.07, 6.45) is 0. The smallest absolute Gasteiger partial charge is 0.0363 e. The van der Waals surface area contributed by atoms with Crippen LogP contribution < -0.4 is 5.73 Å². The maximum atomic E-state index is 11.1. The topological polar surface area (TPSA) is 46.3 Å². The first-order chi connectivity index (χ1) is 6.09. The van der Waals surface area contributed by atoms with E-state index in [2.05, 4.69) is 18.7 Å². The van der Waals surface area contributed by atoms with Gasteiger partial charge in [-0.1, -0.05) is 13.8 Å². The molecule has 0 aromatic heterocycles. The van der Waals surface area contributed by atoms with Crippen LogP contribution in [0.15, 0.2) is 0 Å². The molecule has 0 amide bonds. The quantitative estimate of drug-likeness (QED) is 0.706. The van der Waals surface area contributed by atoms with E-state index in [9.17, 15) is 4.21 Å². The van der Waals surface area contributed by atoms with Crippen molar-refractivity contribution in [2.75, 3.05) is 31.1 Å². The fraction of sp³-hybridized carbons (Fsp3) is 1.00. The van der Waals surface area contributed by atoms with Gasteiger partial charge < -0.3 is 5.73 Å². The molecule has 0 aromatic carbocycles. The van der Waals surface area contributed by atoms with Gasteiger partial charge in [0.05, 0.1) is 0 Å². The molecule has 1 fully saturated rings. The molecule has 1 aliphatic heterocycles. The van der Waals surface area contributed by atoms with Crippen molar-refractivity contribution in [3.8, 4) is 0 Å². The maximum Gasteiger partial charge on any atom is 0.0363 e. The SMILES string of the molecule is CC(C)C(N)CN1CCS(=O)CC1. The Kier molecular flexibility index (Phi) is 4.35. The van der Waals surface area contributed by atoms with Crippen molar-refractivity contribution >= 4 is 10.8 Å². The van der Waals surface area contributed by atoms with Crippen LogP contribution in [-0.4, -0.2) is 46.3 Å². The van der Waals surface area contributed by atoms with Gasteiger partial charge in [-0.05, 0) is 5.92 Å². The lowest BCUT2D eigenvalue weighted by atomic mass is 10.1. The monoisotopic (exact) mass is 204 g/mol. The van der Waals surface area contributed by atoms with Crippen molar-refractivity contribution in [2.24, 2.45) is 11.7 Å². The van der Waals surface area contributed by atoms with Crippen LogP contribution in [0.1, 0.15) is 13.8 Å². The minimum atomic E-state index is -0.569. The maximum absolute atomic E-state index is 11.1. The number of hydrogen-bond donors (Lipinski definition) is 1. The summed E-state index contributed by atoms with van der Waals surface area (Å²) in [5.74, 6) is 2.18. The Labute approximate surface area is 83.1 Å². The predicted molar refractivity (Wildman–Crippen MR) is 57.1 cm³/mol. The van der Waals surface area contributed by atoms with Crippen LogP contribution >= 0.6 is 0 Å². The molecule has 1 saturated heterocycles. The second-order valence-corrected chi connectivity index (χ2v) is 5.75. The summed E-state index contributed by atoms with van der Waals surface area (Å²) in [5, 5.41) is 0.